The van der Waals surface area contributed by atoms with Gasteiger partial charge < -0.3 is 9.88 Å². The van der Waals surface area contributed by atoms with Crippen molar-refractivity contribution in [1.82, 2.24) is 14.9 Å². The molecule has 1 N–H and O–H groups in total. The standard InChI is InChI=1S/C11H21N3/c1-5-14-7-6-13-11(14)10(12-4)8-9(2)3/h6-7,9-10,12H,5,8H2,1-4H3. The minimum atomic E-state index is 0.380. The van der Waals surface area contributed by atoms with Gasteiger partial charge in [0.15, 0.2) is 0 Å². The Kier molecular flexibility index (Phi) is 4.14. The van der Waals surface area contributed by atoms with E-state index in [2.05, 4.69) is 35.6 Å². The molecular weight excluding hydrogens is 174 g/mol. The number of imidazole rings is 1. The van der Waals surface area contributed by atoms with Gasteiger partial charge >= 0.3 is 0 Å². The summed E-state index contributed by atoms with van der Waals surface area (Å²) in [5.74, 6) is 1.85. The van der Waals surface area contributed by atoms with Crippen LogP contribution in [-0.2, 0) is 6.54 Å². The van der Waals surface area contributed by atoms with Gasteiger partial charge in [-0.2, -0.15) is 0 Å². The average Bonchev–Trinajstić information content (AvgIpc) is 2.61. The molecule has 14 heavy (non-hydrogen) atoms. The lowest BCUT2D eigenvalue weighted by atomic mass is 10.0. The zero-order chi connectivity index (χ0) is 10.6. The molecule has 0 aromatic carbocycles. The molecule has 0 aliphatic heterocycles. The van der Waals surface area contributed by atoms with Crippen LogP contribution in [0.5, 0.6) is 0 Å². The maximum atomic E-state index is 4.41. The summed E-state index contributed by atoms with van der Waals surface area (Å²) in [6, 6.07) is 0.380. The first-order valence-corrected chi connectivity index (χ1v) is 5.37. The summed E-state index contributed by atoms with van der Waals surface area (Å²) in [5, 5.41) is 3.33. The molecule has 1 atom stereocenters. The first-order chi connectivity index (χ1) is 6.69. The molecule has 1 aromatic heterocycles. The lowest BCUT2D eigenvalue weighted by molar-refractivity contribution is 0.426. The van der Waals surface area contributed by atoms with Crippen LogP contribution in [0.3, 0.4) is 0 Å². The third-order valence-corrected chi connectivity index (χ3v) is 2.46. The Bertz CT molecular complexity index is 265. The average molecular weight is 195 g/mol. The summed E-state index contributed by atoms with van der Waals surface area (Å²) < 4.78 is 2.20. The number of rotatable bonds is 5. The third-order valence-electron chi connectivity index (χ3n) is 2.46. The monoisotopic (exact) mass is 195 g/mol. The summed E-state index contributed by atoms with van der Waals surface area (Å²) in [7, 11) is 2.00. The summed E-state index contributed by atoms with van der Waals surface area (Å²) >= 11 is 0. The summed E-state index contributed by atoms with van der Waals surface area (Å²) in [5.41, 5.74) is 0. The molecule has 1 aromatic rings. The van der Waals surface area contributed by atoms with Crippen LogP contribution in [0.2, 0.25) is 0 Å². The SMILES string of the molecule is CCn1ccnc1C(CC(C)C)NC. The second-order valence-electron chi connectivity index (χ2n) is 4.04. The van der Waals surface area contributed by atoms with Crippen molar-refractivity contribution >= 4 is 0 Å². The third kappa shape index (κ3) is 2.58. The van der Waals surface area contributed by atoms with Crippen molar-refractivity contribution in [2.45, 2.75) is 39.8 Å². The molecule has 0 fully saturated rings. The molecular formula is C11H21N3. The van der Waals surface area contributed by atoms with E-state index in [0.29, 0.717) is 12.0 Å². The largest absolute Gasteiger partial charge is 0.334 e. The number of nitrogens with one attached hydrogen (secondary N) is 1. The number of hydrogen-bond donors (Lipinski definition) is 1. The second-order valence-corrected chi connectivity index (χ2v) is 4.04. The smallest absolute Gasteiger partial charge is 0.125 e. The molecule has 80 valence electrons. The highest BCUT2D eigenvalue weighted by molar-refractivity contribution is 4.99. The Morgan fingerprint density at radius 2 is 2.21 bits per heavy atom. The number of nitrogens with zero attached hydrogens (tertiary/aromatic N) is 2. The van der Waals surface area contributed by atoms with Gasteiger partial charge in [0.1, 0.15) is 5.82 Å². The second kappa shape index (κ2) is 5.15. The van der Waals surface area contributed by atoms with E-state index in [9.17, 15) is 0 Å². The van der Waals surface area contributed by atoms with Gasteiger partial charge in [0, 0.05) is 18.9 Å². The van der Waals surface area contributed by atoms with Crippen LogP contribution in [0.1, 0.15) is 39.1 Å². The zero-order valence-corrected chi connectivity index (χ0v) is 9.62. The predicted molar refractivity (Wildman–Crippen MR) is 59.2 cm³/mol. The maximum absolute atomic E-state index is 4.41. The van der Waals surface area contributed by atoms with Crippen LogP contribution in [0.15, 0.2) is 12.4 Å². The highest BCUT2D eigenvalue weighted by atomic mass is 15.1. The van der Waals surface area contributed by atoms with Crippen LogP contribution in [0.25, 0.3) is 0 Å². The van der Waals surface area contributed by atoms with Crippen molar-refractivity contribution in [2.24, 2.45) is 5.92 Å². The Hall–Kier alpha value is -0.830. The van der Waals surface area contributed by atoms with E-state index in [-0.39, 0.29) is 0 Å². The Morgan fingerprint density at radius 1 is 1.50 bits per heavy atom. The molecule has 0 aliphatic rings. The van der Waals surface area contributed by atoms with Gasteiger partial charge in [-0.25, -0.2) is 4.98 Å². The molecule has 1 unspecified atom stereocenters. The normalized spacial score (nSPS) is 13.5. The highest BCUT2D eigenvalue weighted by Crippen LogP contribution is 2.19. The van der Waals surface area contributed by atoms with E-state index in [1.165, 1.54) is 0 Å². The van der Waals surface area contributed by atoms with Crippen molar-refractivity contribution in [3.8, 4) is 0 Å². The molecule has 0 saturated heterocycles. The molecule has 0 aliphatic carbocycles. The zero-order valence-electron chi connectivity index (χ0n) is 9.62. The molecule has 0 bridgehead atoms. The number of aryl methyl sites for hydroxylation is 1. The van der Waals surface area contributed by atoms with Crippen molar-refractivity contribution in [3.63, 3.8) is 0 Å². The predicted octanol–water partition coefficient (Wildman–Crippen LogP) is 2.21. The van der Waals surface area contributed by atoms with Gasteiger partial charge in [0.05, 0.1) is 6.04 Å². The Balaban J connectivity index is 2.77. The van der Waals surface area contributed by atoms with Crippen LogP contribution >= 0.6 is 0 Å². The molecule has 0 radical (unpaired) electrons. The van der Waals surface area contributed by atoms with Gasteiger partial charge in [-0.3, -0.25) is 0 Å². The first-order valence-electron chi connectivity index (χ1n) is 5.37. The van der Waals surface area contributed by atoms with Crippen molar-refractivity contribution < 1.29 is 0 Å². The van der Waals surface area contributed by atoms with Crippen LogP contribution in [0.4, 0.5) is 0 Å². The topological polar surface area (TPSA) is 29.9 Å². The van der Waals surface area contributed by atoms with Gasteiger partial charge in [-0.15, -0.1) is 0 Å². The van der Waals surface area contributed by atoms with E-state index in [1.807, 2.05) is 19.4 Å². The first kappa shape index (κ1) is 11.2. The van der Waals surface area contributed by atoms with E-state index >= 15 is 0 Å². The number of hydrogen-bond acceptors (Lipinski definition) is 2. The summed E-state index contributed by atoms with van der Waals surface area (Å²) in [4.78, 5) is 4.41. The molecule has 3 heteroatoms. The van der Waals surface area contributed by atoms with Crippen molar-refractivity contribution in [3.05, 3.63) is 18.2 Å². The molecule has 3 nitrogen and oxygen atoms in total. The molecule has 1 heterocycles. The lowest BCUT2D eigenvalue weighted by Gasteiger charge is -2.18. The minimum absolute atomic E-state index is 0.380. The summed E-state index contributed by atoms with van der Waals surface area (Å²) in [6.45, 7) is 7.62. The maximum Gasteiger partial charge on any atom is 0.125 e. The molecule has 0 amide bonds. The van der Waals surface area contributed by atoms with Crippen molar-refractivity contribution in [2.75, 3.05) is 7.05 Å². The quantitative estimate of drug-likeness (QED) is 0.780. The van der Waals surface area contributed by atoms with Crippen LogP contribution in [0, 0.1) is 5.92 Å². The van der Waals surface area contributed by atoms with Gasteiger partial charge in [-0.1, -0.05) is 13.8 Å². The Morgan fingerprint density at radius 3 is 2.71 bits per heavy atom. The van der Waals surface area contributed by atoms with Gasteiger partial charge in [0.25, 0.3) is 0 Å². The van der Waals surface area contributed by atoms with Gasteiger partial charge in [-0.05, 0) is 26.3 Å². The van der Waals surface area contributed by atoms with Crippen molar-refractivity contribution in [1.29, 1.82) is 0 Å². The Labute approximate surface area is 86.5 Å². The fourth-order valence-electron chi connectivity index (χ4n) is 1.72. The highest BCUT2D eigenvalue weighted by Gasteiger charge is 2.15. The van der Waals surface area contributed by atoms with Crippen LogP contribution in [-0.4, -0.2) is 16.6 Å². The molecule has 0 saturated carbocycles. The lowest BCUT2D eigenvalue weighted by Crippen LogP contribution is -2.22. The number of aromatic nitrogens is 2. The van der Waals surface area contributed by atoms with E-state index in [4.69, 9.17) is 0 Å². The van der Waals surface area contributed by atoms with Crippen LogP contribution < -0.4 is 5.32 Å². The van der Waals surface area contributed by atoms with E-state index in [1.54, 1.807) is 0 Å². The fraction of sp³-hybridized carbons (Fsp3) is 0.727. The summed E-state index contributed by atoms with van der Waals surface area (Å²) in [6.07, 6.45) is 5.05. The van der Waals surface area contributed by atoms with E-state index in [0.717, 1.165) is 18.8 Å². The molecule has 1 rings (SSSR count). The molecule has 0 spiro atoms. The minimum Gasteiger partial charge on any atom is -0.334 e. The van der Waals surface area contributed by atoms with E-state index < -0.39 is 0 Å². The fourth-order valence-corrected chi connectivity index (χ4v) is 1.72. The van der Waals surface area contributed by atoms with Gasteiger partial charge in [0.2, 0.25) is 0 Å².